The summed E-state index contributed by atoms with van der Waals surface area (Å²) < 4.78 is 56.0. The Balaban J connectivity index is 2.07. The molecule has 0 saturated heterocycles. The molecule has 18 heavy (non-hydrogen) atoms. The smallest absolute Gasteiger partial charge is 0.420 e. The van der Waals surface area contributed by atoms with Crippen LogP contribution in [0.5, 0.6) is 5.75 Å². The number of hydrogen-bond donors (Lipinski definition) is 0. The molecule has 1 aromatic rings. The highest BCUT2D eigenvalue weighted by atomic mass is 19.4. The minimum absolute atomic E-state index is 0.263. The Hall–Kier alpha value is -1.26. The van der Waals surface area contributed by atoms with Crippen LogP contribution in [0.1, 0.15) is 25.3 Å². The van der Waals surface area contributed by atoms with Crippen LogP contribution in [-0.4, -0.2) is 6.61 Å². The largest absolute Gasteiger partial charge is 0.493 e. The van der Waals surface area contributed by atoms with Crippen LogP contribution in [0.2, 0.25) is 0 Å². The molecule has 1 aliphatic rings. The molecule has 0 heterocycles. The van der Waals surface area contributed by atoms with Crippen LogP contribution in [0, 0.1) is 17.7 Å². The van der Waals surface area contributed by atoms with Crippen LogP contribution >= 0.6 is 0 Å². The molecule has 100 valence electrons. The lowest BCUT2D eigenvalue weighted by molar-refractivity contribution is -0.139. The summed E-state index contributed by atoms with van der Waals surface area (Å²) in [5, 5.41) is 0. The minimum atomic E-state index is -4.59. The van der Waals surface area contributed by atoms with Crippen LogP contribution in [-0.2, 0) is 6.18 Å². The molecule has 0 radical (unpaired) electrons. The normalized spacial score (nSPS) is 23.6. The van der Waals surface area contributed by atoms with Crippen molar-refractivity contribution in [2.75, 3.05) is 6.61 Å². The molecule has 0 bridgehead atoms. The molecule has 1 fully saturated rings. The molecular formula is C13H14F4O. The quantitative estimate of drug-likeness (QED) is 0.739. The zero-order valence-corrected chi connectivity index (χ0v) is 9.93. The van der Waals surface area contributed by atoms with Crippen molar-refractivity contribution in [3.05, 3.63) is 29.6 Å². The van der Waals surface area contributed by atoms with Gasteiger partial charge in [-0.25, -0.2) is 4.39 Å². The van der Waals surface area contributed by atoms with Gasteiger partial charge in [-0.2, -0.15) is 13.2 Å². The van der Waals surface area contributed by atoms with Crippen LogP contribution in [0.15, 0.2) is 18.2 Å². The maximum absolute atomic E-state index is 12.8. The van der Waals surface area contributed by atoms with Crippen molar-refractivity contribution in [3.8, 4) is 5.75 Å². The molecule has 1 aliphatic carbocycles. The average Bonchev–Trinajstić information content (AvgIpc) is 2.23. The number of ether oxygens (including phenoxy) is 1. The van der Waals surface area contributed by atoms with Crippen molar-refractivity contribution in [1.82, 2.24) is 0 Å². The van der Waals surface area contributed by atoms with E-state index >= 15 is 0 Å². The summed E-state index contributed by atoms with van der Waals surface area (Å²) in [6.45, 7) is 2.36. The average molecular weight is 262 g/mol. The number of hydrogen-bond acceptors (Lipinski definition) is 1. The third-order valence-electron chi connectivity index (χ3n) is 3.19. The number of halogens is 4. The van der Waals surface area contributed by atoms with Crippen molar-refractivity contribution >= 4 is 0 Å². The Morgan fingerprint density at radius 2 is 1.94 bits per heavy atom. The van der Waals surface area contributed by atoms with E-state index in [9.17, 15) is 17.6 Å². The van der Waals surface area contributed by atoms with Crippen LogP contribution in [0.4, 0.5) is 17.6 Å². The van der Waals surface area contributed by atoms with Crippen molar-refractivity contribution in [2.24, 2.45) is 11.8 Å². The molecule has 0 unspecified atom stereocenters. The first-order valence-electron chi connectivity index (χ1n) is 5.86. The summed E-state index contributed by atoms with van der Waals surface area (Å²) in [6, 6.07) is 2.49. The predicted octanol–water partition coefficient (Wildman–Crippen LogP) is 4.27. The van der Waals surface area contributed by atoms with Gasteiger partial charge in [0.25, 0.3) is 0 Å². The topological polar surface area (TPSA) is 9.23 Å². The Kier molecular flexibility index (Phi) is 3.50. The van der Waals surface area contributed by atoms with Crippen molar-refractivity contribution in [2.45, 2.75) is 25.9 Å². The highest BCUT2D eigenvalue weighted by Gasteiger charge is 2.35. The molecule has 0 spiro atoms. The second-order valence-electron chi connectivity index (χ2n) is 4.89. The second kappa shape index (κ2) is 4.78. The van der Waals surface area contributed by atoms with Gasteiger partial charge in [-0.1, -0.05) is 6.92 Å². The highest BCUT2D eigenvalue weighted by molar-refractivity contribution is 5.36. The summed E-state index contributed by atoms with van der Waals surface area (Å²) >= 11 is 0. The molecule has 1 aromatic carbocycles. The van der Waals surface area contributed by atoms with Gasteiger partial charge in [-0.15, -0.1) is 0 Å². The van der Waals surface area contributed by atoms with Crippen LogP contribution in [0.3, 0.4) is 0 Å². The van der Waals surface area contributed by atoms with E-state index in [-0.39, 0.29) is 12.4 Å². The van der Waals surface area contributed by atoms with Gasteiger partial charge < -0.3 is 4.74 Å². The van der Waals surface area contributed by atoms with Crippen molar-refractivity contribution < 1.29 is 22.3 Å². The molecule has 0 amide bonds. The molecule has 2 rings (SSSR count). The Morgan fingerprint density at radius 1 is 1.28 bits per heavy atom. The molecule has 0 atom stereocenters. The van der Waals surface area contributed by atoms with Gasteiger partial charge in [0.05, 0.1) is 6.61 Å². The molecule has 0 aliphatic heterocycles. The third kappa shape index (κ3) is 2.94. The maximum atomic E-state index is 12.8. The van der Waals surface area contributed by atoms with E-state index in [1.807, 2.05) is 0 Å². The lowest BCUT2D eigenvalue weighted by Gasteiger charge is -2.32. The van der Waals surface area contributed by atoms with E-state index in [2.05, 4.69) is 6.92 Å². The van der Waals surface area contributed by atoms with E-state index in [4.69, 9.17) is 4.74 Å². The van der Waals surface area contributed by atoms with Crippen molar-refractivity contribution in [1.29, 1.82) is 0 Å². The summed E-state index contributed by atoms with van der Waals surface area (Å²) in [6.07, 6.45) is -2.64. The first-order chi connectivity index (χ1) is 8.36. The van der Waals surface area contributed by atoms with E-state index in [1.54, 1.807) is 0 Å². The van der Waals surface area contributed by atoms with Gasteiger partial charge in [0, 0.05) is 0 Å². The first-order valence-corrected chi connectivity index (χ1v) is 5.86. The molecular weight excluding hydrogens is 248 g/mol. The zero-order valence-electron chi connectivity index (χ0n) is 9.93. The van der Waals surface area contributed by atoms with Gasteiger partial charge >= 0.3 is 6.18 Å². The van der Waals surface area contributed by atoms with Crippen molar-refractivity contribution in [3.63, 3.8) is 0 Å². The summed E-state index contributed by atoms with van der Waals surface area (Å²) in [5.74, 6) is -0.268. The Morgan fingerprint density at radius 3 is 2.50 bits per heavy atom. The maximum Gasteiger partial charge on any atom is 0.420 e. The number of alkyl halides is 3. The molecule has 0 N–H and O–H groups in total. The fraction of sp³-hybridized carbons (Fsp3) is 0.538. The monoisotopic (exact) mass is 262 g/mol. The lowest BCUT2D eigenvalue weighted by Crippen LogP contribution is -2.27. The predicted molar refractivity (Wildman–Crippen MR) is 58.8 cm³/mol. The van der Waals surface area contributed by atoms with Gasteiger partial charge in [0.2, 0.25) is 0 Å². The second-order valence-corrected chi connectivity index (χ2v) is 4.89. The van der Waals surface area contributed by atoms with Gasteiger partial charge in [-0.3, -0.25) is 0 Å². The van der Waals surface area contributed by atoms with Gasteiger partial charge in [0.1, 0.15) is 17.1 Å². The zero-order chi connectivity index (χ0) is 13.3. The van der Waals surface area contributed by atoms with E-state index in [1.165, 1.54) is 0 Å². The standard InChI is InChI=1S/C13H14F4O/c1-8-4-9(5-8)7-18-12-3-2-10(14)6-11(12)13(15,16)17/h2-3,6,8-9H,4-5,7H2,1H3. The van der Waals surface area contributed by atoms with Gasteiger partial charge in [0.15, 0.2) is 0 Å². The SMILES string of the molecule is CC1CC(COc2ccc(F)cc2C(F)(F)F)C1. The summed E-state index contributed by atoms with van der Waals surface area (Å²) in [4.78, 5) is 0. The summed E-state index contributed by atoms with van der Waals surface area (Å²) in [5.41, 5.74) is -1.05. The Labute approximate surface area is 103 Å². The number of rotatable bonds is 3. The van der Waals surface area contributed by atoms with Crippen LogP contribution in [0.25, 0.3) is 0 Å². The fourth-order valence-electron chi connectivity index (χ4n) is 2.26. The molecule has 1 nitrogen and oxygen atoms in total. The minimum Gasteiger partial charge on any atom is -0.493 e. The molecule has 5 heteroatoms. The first kappa shape index (κ1) is 13.2. The third-order valence-corrected chi connectivity index (χ3v) is 3.19. The Bertz CT molecular complexity index is 421. The molecule has 1 saturated carbocycles. The number of benzene rings is 1. The highest BCUT2D eigenvalue weighted by Crippen LogP contribution is 2.38. The van der Waals surface area contributed by atoms with Crippen LogP contribution < -0.4 is 4.74 Å². The fourth-order valence-corrected chi connectivity index (χ4v) is 2.26. The molecule has 0 aromatic heterocycles. The van der Waals surface area contributed by atoms with E-state index in [0.717, 1.165) is 25.0 Å². The lowest BCUT2D eigenvalue weighted by atomic mass is 9.77. The van der Waals surface area contributed by atoms with E-state index < -0.39 is 17.6 Å². The van der Waals surface area contributed by atoms with E-state index in [0.29, 0.717) is 17.9 Å². The summed E-state index contributed by atoms with van der Waals surface area (Å²) in [7, 11) is 0. The van der Waals surface area contributed by atoms with Gasteiger partial charge in [-0.05, 0) is 42.9 Å².